The van der Waals surface area contributed by atoms with E-state index < -0.39 is 17.8 Å². The minimum Gasteiger partial charge on any atom is -0.481 e. The second kappa shape index (κ2) is 9.34. The fourth-order valence-corrected chi connectivity index (χ4v) is 6.89. The van der Waals surface area contributed by atoms with Crippen LogP contribution in [0.3, 0.4) is 0 Å². The molecule has 1 aliphatic heterocycles. The van der Waals surface area contributed by atoms with Gasteiger partial charge in [-0.1, -0.05) is 61.5 Å². The summed E-state index contributed by atoms with van der Waals surface area (Å²) in [6.07, 6.45) is 5.78. The number of anilines is 1. The number of carboxylic acid groups (broad SMARTS) is 1. The van der Waals surface area contributed by atoms with Crippen molar-refractivity contribution in [2.24, 2.45) is 22.7 Å². The highest BCUT2D eigenvalue weighted by Crippen LogP contribution is 2.40. The van der Waals surface area contributed by atoms with Crippen LogP contribution in [-0.2, 0) is 4.79 Å². The van der Waals surface area contributed by atoms with Crippen molar-refractivity contribution in [1.29, 1.82) is 0 Å². The first-order valence-corrected chi connectivity index (χ1v) is 12.8. The van der Waals surface area contributed by atoms with Gasteiger partial charge in [0, 0.05) is 22.4 Å². The number of amidine groups is 1. The number of rotatable bonds is 5. The number of aliphatic carboxylic acids is 1. The molecule has 2 saturated carbocycles. The van der Waals surface area contributed by atoms with Gasteiger partial charge in [-0.3, -0.25) is 14.6 Å². The van der Waals surface area contributed by atoms with E-state index in [0.29, 0.717) is 29.7 Å². The number of carbonyl (C=O) groups excluding carboxylic acids is 1. The van der Waals surface area contributed by atoms with Gasteiger partial charge in [-0.2, -0.15) is 0 Å². The summed E-state index contributed by atoms with van der Waals surface area (Å²) in [6.45, 7) is 2.34. The molecule has 2 fully saturated rings. The number of benzene rings is 2. The third-order valence-electron chi connectivity index (χ3n) is 7.37. The molecule has 5 atom stereocenters. The molecular formula is C27H30N2O3S. The van der Waals surface area contributed by atoms with Gasteiger partial charge in [-0.05, 0) is 61.3 Å². The van der Waals surface area contributed by atoms with Crippen LogP contribution in [0.4, 0.5) is 5.69 Å². The number of fused-ring (bicyclic) bond motifs is 1. The average Bonchev–Trinajstić information content (AvgIpc) is 3.46. The van der Waals surface area contributed by atoms with Crippen LogP contribution < -0.4 is 5.32 Å². The minimum atomic E-state index is -0.855. The third-order valence-corrected chi connectivity index (χ3v) is 8.61. The maximum absolute atomic E-state index is 12.8. The summed E-state index contributed by atoms with van der Waals surface area (Å²) in [4.78, 5) is 29.2. The molecule has 2 N–H and O–H groups in total. The molecule has 0 bridgehead atoms. The van der Waals surface area contributed by atoms with Crippen molar-refractivity contribution in [2.45, 2.75) is 56.7 Å². The normalized spacial score (nSPS) is 28.8. The Hall–Kier alpha value is -2.60. The number of carboxylic acids is 1. The van der Waals surface area contributed by atoms with E-state index in [1.165, 1.54) is 19.3 Å². The predicted molar refractivity (Wildman–Crippen MR) is 134 cm³/mol. The summed E-state index contributed by atoms with van der Waals surface area (Å²) in [6, 6.07) is 16.3. The summed E-state index contributed by atoms with van der Waals surface area (Å²) < 4.78 is 0. The van der Waals surface area contributed by atoms with Crippen molar-refractivity contribution in [3.63, 3.8) is 0 Å². The van der Waals surface area contributed by atoms with Gasteiger partial charge >= 0.3 is 5.97 Å². The van der Waals surface area contributed by atoms with Crippen molar-refractivity contribution >= 4 is 34.4 Å². The molecule has 172 valence electrons. The number of aliphatic imine (C=N–C) groups is 1. The van der Waals surface area contributed by atoms with Gasteiger partial charge in [-0.15, -0.1) is 0 Å². The molecule has 6 heteroatoms. The van der Waals surface area contributed by atoms with E-state index in [-0.39, 0.29) is 5.78 Å². The highest BCUT2D eigenvalue weighted by atomic mass is 32.2. The number of Topliss-reactive ketones (excluding diaryl/α,β-unsaturated/α-hetero) is 1. The second-order valence-corrected chi connectivity index (χ2v) is 10.9. The fraction of sp³-hybridized carbons (Fsp3) is 0.444. The SMILES string of the molecule is CC1CCC2N=C(Nc3ccc(-c4ccc(C(=O)[C@@H]5CCC[C@H]5C(=O)O)cc4)cc3)SC2C1. The van der Waals surface area contributed by atoms with Gasteiger partial charge in [0.25, 0.3) is 0 Å². The Morgan fingerprint density at radius 2 is 1.61 bits per heavy atom. The Balaban J connectivity index is 1.23. The fourth-order valence-electron chi connectivity index (χ4n) is 5.45. The maximum Gasteiger partial charge on any atom is 0.307 e. The first kappa shape index (κ1) is 22.2. The smallest absolute Gasteiger partial charge is 0.307 e. The van der Waals surface area contributed by atoms with E-state index in [2.05, 4.69) is 36.5 Å². The maximum atomic E-state index is 12.8. The van der Waals surface area contributed by atoms with Crippen LogP contribution in [0.15, 0.2) is 53.5 Å². The van der Waals surface area contributed by atoms with E-state index in [1.54, 1.807) is 0 Å². The van der Waals surface area contributed by atoms with E-state index in [1.807, 2.05) is 36.0 Å². The highest BCUT2D eigenvalue weighted by Gasteiger charge is 2.38. The lowest BCUT2D eigenvalue weighted by atomic mass is 9.87. The van der Waals surface area contributed by atoms with E-state index in [4.69, 9.17) is 4.99 Å². The summed E-state index contributed by atoms with van der Waals surface area (Å²) in [5.74, 6) is -1.05. The van der Waals surface area contributed by atoms with Crippen molar-refractivity contribution in [2.75, 3.05) is 5.32 Å². The molecule has 0 radical (unpaired) electrons. The molecule has 0 aromatic heterocycles. The number of ketones is 1. The Morgan fingerprint density at radius 1 is 0.939 bits per heavy atom. The standard InChI is InChI=1S/C27H30N2O3S/c1-16-5-14-23-24(15-16)33-27(29-23)28-20-12-10-18(11-13-20)17-6-8-19(9-7-17)25(30)21-3-2-4-22(21)26(31)32/h6-13,16,21-24H,2-5,14-15H2,1H3,(H,28,29)(H,31,32)/t16?,21-,22-,23?,24?/m1/s1. The largest absolute Gasteiger partial charge is 0.481 e. The monoisotopic (exact) mass is 462 g/mol. The lowest BCUT2D eigenvalue weighted by molar-refractivity contribution is -0.142. The molecule has 0 spiro atoms. The number of hydrogen-bond acceptors (Lipinski definition) is 5. The molecule has 0 saturated heterocycles. The van der Waals surface area contributed by atoms with Crippen LogP contribution >= 0.6 is 11.8 Å². The number of nitrogens with zero attached hydrogens (tertiary/aromatic N) is 1. The van der Waals surface area contributed by atoms with Gasteiger partial charge in [-0.25, -0.2) is 0 Å². The van der Waals surface area contributed by atoms with E-state index >= 15 is 0 Å². The Morgan fingerprint density at radius 3 is 2.30 bits per heavy atom. The molecule has 2 aromatic rings. The third kappa shape index (κ3) is 4.72. The zero-order valence-electron chi connectivity index (χ0n) is 18.9. The van der Waals surface area contributed by atoms with Crippen LogP contribution in [-0.4, -0.2) is 33.3 Å². The molecule has 3 aliphatic rings. The molecular weight excluding hydrogens is 432 g/mol. The summed E-state index contributed by atoms with van der Waals surface area (Å²) >= 11 is 1.88. The van der Waals surface area contributed by atoms with E-state index in [9.17, 15) is 14.7 Å². The van der Waals surface area contributed by atoms with Crippen LogP contribution in [0.1, 0.15) is 55.8 Å². The van der Waals surface area contributed by atoms with Crippen LogP contribution in [0, 0.1) is 17.8 Å². The molecule has 33 heavy (non-hydrogen) atoms. The van der Waals surface area contributed by atoms with Crippen molar-refractivity contribution in [3.05, 3.63) is 54.1 Å². The van der Waals surface area contributed by atoms with Crippen LogP contribution in [0.5, 0.6) is 0 Å². The van der Waals surface area contributed by atoms with Crippen molar-refractivity contribution in [1.82, 2.24) is 0 Å². The van der Waals surface area contributed by atoms with Gasteiger partial charge in [0.2, 0.25) is 0 Å². The summed E-state index contributed by atoms with van der Waals surface area (Å²) in [5.41, 5.74) is 3.74. The second-order valence-electron chi connectivity index (χ2n) is 9.70. The molecule has 2 aromatic carbocycles. The molecule has 0 amide bonds. The lowest BCUT2D eigenvalue weighted by Gasteiger charge is -2.26. The van der Waals surface area contributed by atoms with Crippen LogP contribution in [0.25, 0.3) is 11.1 Å². The first-order chi connectivity index (χ1) is 16.0. The predicted octanol–water partition coefficient (Wildman–Crippen LogP) is 6.11. The zero-order valence-corrected chi connectivity index (χ0v) is 19.7. The van der Waals surface area contributed by atoms with E-state index in [0.717, 1.165) is 34.3 Å². The quantitative estimate of drug-likeness (QED) is 0.524. The minimum absolute atomic E-state index is 0.0456. The Labute approximate surface area is 199 Å². The zero-order chi connectivity index (χ0) is 22.9. The van der Waals surface area contributed by atoms with Crippen LogP contribution in [0.2, 0.25) is 0 Å². The number of nitrogens with one attached hydrogen (secondary N) is 1. The molecule has 5 rings (SSSR count). The van der Waals surface area contributed by atoms with Gasteiger partial charge < -0.3 is 10.4 Å². The first-order valence-electron chi connectivity index (χ1n) is 12.0. The Bertz CT molecular complexity index is 1060. The Kier molecular flexibility index (Phi) is 6.28. The van der Waals surface area contributed by atoms with Gasteiger partial charge in [0.05, 0.1) is 12.0 Å². The number of thioether (sulfide) groups is 1. The molecule has 2 aliphatic carbocycles. The van der Waals surface area contributed by atoms with Crippen molar-refractivity contribution in [3.8, 4) is 11.1 Å². The summed E-state index contributed by atoms with van der Waals surface area (Å²) in [5, 5.41) is 14.5. The van der Waals surface area contributed by atoms with Crippen molar-refractivity contribution < 1.29 is 14.7 Å². The number of carbonyl (C=O) groups is 2. The lowest BCUT2D eigenvalue weighted by Crippen LogP contribution is -2.26. The highest BCUT2D eigenvalue weighted by molar-refractivity contribution is 8.15. The molecule has 3 unspecified atom stereocenters. The molecule has 5 nitrogen and oxygen atoms in total. The average molecular weight is 463 g/mol. The molecule has 1 heterocycles. The topological polar surface area (TPSA) is 78.8 Å². The summed E-state index contributed by atoms with van der Waals surface area (Å²) in [7, 11) is 0. The van der Waals surface area contributed by atoms with Gasteiger partial charge in [0.1, 0.15) is 0 Å². The van der Waals surface area contributed by atoms with Gasteiger partial charge in [0.15, 0.2) is 11.0 Å². The number of hydrogen-bond donors (Lipinski definition) is 2.